The van der Waals surface area contributed by atoms with Crippen molar-refractivity contribution in [2.75, 3.05) is 13.7 Å². The van der Waals surface area contributed by atoms with Gasteiger partial charge in [0.15, 0.2) is 11.5 Å². The highest BCUT2D eigenvalue weighted by atomic mass is 16.5. The van der Waals surface area contributed by atoms with E-state index in [1.807, 2.05) is 43.3 Å². The van der Waals surface area contributed by atoms with Crippen molar-refractivity contribution in [3.8, 4) is 17.2 Å². The minimum absolute atomic E-state index is 0.532. The summed E-state index contributed by atoms with van der Waals surface area (Å²) in [4.78, 5) is 0. The highest BCUT2D eigenvalue weighted by Gasteiger charge is 2.08. The van der Waals surface area contributed by atoms with Crippen LogP contribution in [0.15, 0.2) is 72.8 Å². The van der Waals surface area contributed by atoms with Crippen LogP contribution < -0.4 is 19.5 Å². The predicted octanol–water partition coefficient (Wildman–Crippen LogP) is 3.94. The molecule has 28 heavy (non-hydrogen) atoms. The van der Waals surface area contributed by atoms with Gasteiger partial charge < -0.3 is 19.5 Å². The molecule has 0 heterocycles. The average molecular weight is 378 g/mol. The molecule has 0 radical (unpaired) electrons. The van der Waals surface area contributed by atoms with Gasteiger partial charge in [-0.1, -0.05) is 30.3 Å². The highest BCUT2D eigenvalue weighted by molar-refractivity contribution is 5.43. The summed E-state index contributed by atoms with van der Waals surface area (Å²) in [6.07, 6.45) is 0. The first-order valence-corrected chi connectivity index (χ1v) is 9.65. The summed E-state index contributed by atoms with van der Waals surface area (Å²) < 4.78 is 17.0. The summed E-state index contributed by atoms with van der Waals surface area (Å²) in [5.41, 5.74) is 3.62. The van der Waals surface area contributed by atoms with Crippen LogP contribution >= 0.6 is 0 Å². The lowest BCUT2D eigenvalue weighted by Gasteiger charge is -2.13. The van der Waals surface area contributed by atoms with E-state index in [9.17, 15) is 0 Å². The lowest BCUT2D eigenvalue weighted by molar-refractivity contribution is -0.686. The smallest absolute Gasteiger partial charge is 0.161 e. The number of hydrogen-bond donors (Lipinski definition) is 1. The molecule has 0 saturated heterocycles. The zero-order valence-electron chi connectivity index (χ0n) is 16.6. The van der Waals surface area contributed by atoms with Gasteiger partial charge in [-0.3, -0.25) is 0 Å². The fourth-order valence-electron chi connectivity index (χ4n) is 2.97. The maximum absolute atomic E-state index is 5.98. The number of ether oxygens (including phenoxy) is 3. The molecule has 0 amide bonds. The first-order valence-electron chi connectivity index (χ1n) is 9.65. The van der Waals surface area contributed by atoms with Crippen molar-refractivity contribution in [3.63, 3.8) is 0 Å². The van der Waals surface area contributed by atoms with E-state index in [1.165, 1.54) is 11.1 Å². The molecule has 0 aliphatic carbocycles. The number of benzene rings is 3. The molecule has 0 saturated carbocycles. The van der Waals surface area contributed by atoms with E-state index in [-0.39, 0.29) is 0 Å². The van der Waals surface area contributed by atoms with E-state index < -0.39 is 0 Å². The summed E-state index contributed by atoms with van der Waals surface area (Å²) in [5, 5.41) is 2.28. The monoisotopic (exact) mass is 378 g/mol. The second-order valence-electron chi connectivity index (χ2n) is 6.53. The van der Waals surface area contributed by atoms with Crippen molar-refractivity contribution in [1.82, 2.24) is 0 Å². The SMILES string of the molecule is CCOc1cc(C[NH2+]Cc2ccc(OC)cc2)ccc1OCc1ccccc1. The standard InChI is InChI=1S/C24H27NO3/c1-3-27-24-15-21(17-25-16-19-9-12-22(26-2)13-10-19)11-14-23(24)28-18-20-7-5-4-6-8-20/h4-15,25H,3,16-18H2,1-2H3/p+1. The normalized spacial score (nSPS) is 10.5. The lowest BCUT2D eigenvalue weighted by Crippen LogP contribution is -2.80. The molecular weight excluding hydrogens is 350 g/mol. The molecule has 3 rings (SSSR count). The highest BCUT2D eigenvalue weighted by Crippen LogP contribution is 2.29. The number of quaternary nitrogens is 1. The Kier molecular flexibility index (Phi) is 7.33. The number of methoxy groups -OCH3 is 1. The van der Waals surface area contributed by atoms with Gasteiger partial charge in [0.1, 0.15) is 25.4 Å². The Hall–Kier alpha value is -2.98. The molecule has 3 aromatic carbocycles. The van der Waals surface area contributed by atoms with Gasteiger partial charge in [-0.25, -0.2) is 0 Å². The molecule has 0 spiro atoms. The van der Waals surface area contributed by atoms with Gasteiger partial charge in [0.2, 0.25) is 0 Å². The summed E-state index contributed by atoms with van der Waals surface area (Å²) in [7, 11) is 1.68. The maximum atomic E-state index is 5.98. The van der Waals surface area contributed by atoms with Gasteiger partial charge in [0, 0.05) is 11.1 Å². The Labute approximate surface area is 167 Å². The molecule has 3 aromatic rings. The summed E-state index contributed by atoms with van der Waals surface area (Å²) in [6.45, 7) is 4.93. The minimum atomic E-state index is 0.532. The first kappa shape index (κ1) is 19.8. The Balaban J connectivity index is 1.57. The van der Waals surface area contributed by atoms with Gasteiger partial charge in [-0.2, -0.15) is 0 Å². The van der Waals surface area contributed by atoms with Gasteiger partial charge in [0.25, 0.3) is 0 Å². The van der Waals surface area contributed by atoms with E-state index in [0.29, 0.717) is 13.2 Å². The quantitative estimate of drug-likeness (QED) is 0.581. The molecule has 0 bridgehead atoms. The Morgan fingerprint density at radius 1 is 0.714 bits per heavy atom. The Bertz CT molecular complexity index is 847. The number of rotatable bonds is 10. The number of hydrogen-bond acceptors (Lipinski definition) is 3. The van der Waals surface area contributed by atoms with Crippen molar-refractivity contribution >= 4 is 0 Å². The number of nitrogens with two attached hydrogens (primary N) is 1. The van der Waals surface area contributed by atoms with Crippen LogP contribution in [0.5, 0.6) is 17.2 Å². The molecular formula is C24H28NO3+. The third kappa shape index (κ3) is 5.76. The molecule has 146 valence electrons. The van der Waals surface area contributed by atoms with Crippen LogP contribution in [0.1, 0.15) is 23.6 Å². The molecule has 0 aliphatic rings. The van der Waals surface area contributed by atoms with E-state index in [0.717, 1.165) is 35.9 Å². The molecule has 4 nitrogen and oxygen atoms in total. The Morgan fingerprint density at radius 3 is 2.14 bits per heavy atom. The first-order chi connectivity index (χ1) is 13.8. The third-order valence-corrected chi connectivity index (χ3v) is 4.46. The third-order valence-electron chi connectivity index (χ3n) is 4.46. The van der Waals surface area contributed by atoms with Crippen LogP contribution in [-0.2, 0) is 19.7 Å². The molecule has 0 aliphatic heterocycles. The molecule has 4 heteroatoms. The van der Waals surface area contributed by atoms with Crippen molar-refractivity contribution in [1.29, 1.82) is 0 Å². The fourth-order valence-corrected chi connectivity index (χ4v) is 2.97. The average Bonchev–Trinajstić information content (AvgIpc) is 2.75. The zero-order valence-corrected chi connectivity index (χ0v) is 16.6. The van der Waals surface area contributed by atoms with Crippen LogP contribution in [0, 0.1) is 0 Å². The summed E-state index contributed by atoms with van der Waals surface area (Å²) in [5.74, 6) is 2.47. The van der Waals surface area contributed by atoms with Crippen molar-refractivity contribution in [2.24, 2.45) is 0 Å². The molecule has 0 unspecified atom stereocenters. The van der Waals surface area contributed by atoms with Gasteiger partial charge in [0.05, 0.1) is 13.7 Å². The summed E-state index contributed by atoms with van der Waals surface area (Å²) in [6, 6.07) is 24.5. The van der Waals surface area contributed by atoms with E-state index >= 15 is 0 Å². The largest absolute Gasteiger partial charge is 0.497 e. The van der Waals surface area contributed by atoms with Gasteiger partial charge in [-0.15, -0.1) is 0 Å². The van der Waals surface area contributed by atoms with Crippen LogP contribution in [0.2, 0.25) is 0 Å². The van der Waals surface area contributed by atoms with Crippen LogP contribution in [0.3, 0.4) is 0 Å². The van der Waals surface area contributed by atoms with Crippen LogP contribution in [0.25, 0.3) is 0 Å². The molecule has 0 aromatic heterocycles. The van der Waals surface area contributed by atoms with Crippen molar-refractivity contribution in [3.05, 3.63) is 89.5 Å². The van der Waals surface area contributed by atoms with Crippen LogP contribution in [0.4, 0.5) is 0 Å². The van der Waals surface area contributed by atoms with E-state index in [4.69, 9.17) is 14.2 Å². The zero-order chi connectivity index (χ0) is 19.6. The molecule has 0 atom stereocenters. The fraction of sp³-hybridized carbons (Fsp3) is 0.250. The van der Waals surface area contributed by atoms with Crippen molar-refractivity contribution in [2.45, 2.75) is 26.6 Å². The lowest BCUT2D eigenvalue weighted by atomic mass is 10.1. The second kappa shape index (κ2) is 10.4. The predicted molar refractivity (Wildman–Crippen MR) is 111 cm³/mol. The van der Waals surface area contributed by atoms with E-state index in [1.54, 1.807) is 7.11 Å². The van der Waals surface area contributed by atoms with Gasteiger partial charge in [-0.05, 0) is 55.0 Å². The molecule has 0 fully saturated rings. The van der Waals surface area contributed by atoms with Crippen molar-refractivity contribution < 1.29 is 19.5 Å². The second-order valence-corrected chi connectivity index (χ2v) is 6.53. The topological polar surface area (TPSA) is 44.3 Å². The molecule has 2 N–H and O–H groups in total. The van der Waals surface area contributed by atoms with Crippen LogP contribution in [-0.4, -0.2) is 13.7 Å². The van der Waals surface area contributed by atoms with E-state index in [2.05, 4.69) is 41.7 Å². The maximum Gasteiger partial charge on any atom is 0.161 e. The summed E-state index contributed by atoms with van der Waals surface area (Å²) >= 11 is 0. The van der Waals surface area contributed by atoms with Gasteiger partial charge >= 0.3 is 0 Å². The Morgan fingerprint density at radius 2 is 1.43 bits per heavy atom. The minimum Gasteiger partial charge on any atom is -0.497 e.